The van der Waals surface area contributed by atoms with E-state index in [9.17, 15) is 4.79 Å². The lowest BCUT2D eigenvalue weighted by atomic mass is 10.1. The summed E-state index contributed by atoms with van der Waals surface area (Å²) in [6.45, 7) is 4.48. The maximum absolute atomic E-state index is 11.9. The van der Waals surface area contributed by atoms with Crippen molar-refractivity contribution in [1.82, 2.24) is 15.5 Å². The predicted octanol–water partition coefficient (Wildman–Crippen LogP) is 2.83. The van der Waals surface area contributed by atoms with Gasteiger partial charge in [-0.25, -0.2) is 0 Å². The zero-order valence-corrected chi connectivity index (χ0v) is 13.1. The van der Waals surface area contributed by atoms with Gasteiger partial charge in [0, 0.05) is 11.0 Å². The number of amides is 1. The number of hydrogen-bond donors (Lipinski definition) is 1. The summed E-state index contributed by atoms with van der Waals surface area (Å²) in [7, 11) is 0. The lowest BCUT2D eigenvalue weighted by molar-refractivity contribution is 0.0948. The van der Waals surface area contributed by atoms with Crippen molar-refractivity contribution < 1.29 is 4.79 Å². The predicted molar refractivity (Wildman–Crippen MR) is 81.7 cm³/mol. The van der Waals surface area contributed by atoms with Crippen molar-refractivity contribution in [2.45, 2.75) is 20.3 Å². The van der Waals surface area contributed by atoms with E-state index in [0.29, 0.717) is 12.2 Å². The molecule has 20 heavy (non-hydrogen) atoms. The van der Waals surface area contributed by atoms with E-state index in [2.05, 4.69) is 44.4 Å². The molecular formula is C15H16BrN3O. The Morgan fingerprint density at radius 1 is 1.20 bits per heavy atom. The monoisotopic (exact) mass is 333 g/mol. The molecule has 0 aliphatic carbocycles. The molecule has 0 bridgehead atoms. The first kappa shape index (κ1) is 14.7. The molecule has 0 saturated heterocycles. The number of halogens is 1. The molecular weight excluding hydrogens is 318 g/mol. The molecule has 5 heteroatoms. The second kappa shape index (κ2) is 6.61. The van der Waals surface area contributed by atoms with Crippen LogP contribution in [0.3, 0.4) is 0 Å². The first-order valence-electron chi connectivity index (χ1n) is 6.40. The fourth-order valence-electron chi connectivity index (χ4n) is 1.84. The molecule has 1 aromatic heterocycles. The molecule has 1 heterocycles. The van der Waals surface area contributed by atoms with E-state index in [1.54, 1.807) is 12.1 Å². The van der Waals surface area contributed by atoms with Crippen LogP contribution in [-0.2, 0) is 6.42 Å². The van der Waals surface area contributed by atoms with Gasteiger partial charge in [-0.2, -0.15) is 5.10 Å². The number of aromatic nitrogens is 2. The van der Waals surface area contributed by atoms with Crippen LogP contribution in [0.1, 0.15) is 27.3 Å². The quantitative estimate of drug-likeness (QED) is 0.935. The van der Waals surface area contributed by atoms with Crippen LogP contribution in [0.5, 0.6) is 0 Å². The summed E-state index contributed by atoms with van der Waals surface area (Å²) in [6.07, 6.45) is 0.788. The second-order valence-corrected chi connectivity index (χ2v) is 5.44. The van der Waals surface area contributed by atoms with Crippen LogP contribution in [-0.4, -0.2) is 22.6 Å². The lowest BCUT2D eigenvalue weighted by Crippen LogP contribution is -2.27. The molecule has 0 spiro atoms. The number of aryl methyl sites for hydroxylation is 1. The summed E-state index contributed by atoms with van der Waals surface area (Å²) in [5.74, 6) is -0.190. The van der Waals surface area contributed by atoms with E-state index >= 15 is 0 Å². The van der Waals surface area contributed by atoms with Crippen molar-refractivity contribution >= 4 is 21.8 Å². The Morgan fingerprint density at radius 2 is 2.00 bits per heavy atom. The Balaban J connectivity index is 1.91. The minimum Gasteiger partial charge on any atom is -0.350 e. The molecule has 2 rings (SSSR count). The van der Waals surface area contributed by atoms with Gasteiger partial charge in [-0.05, 0) is 49.6 Å². The Hall–Kier alpha value is -1.75. The van der Waals surface area contributed by atoms with E-state index in [1.807, 2.05) is 19.1 Å². The molecule has 0 aliphatic heterocycles. The molecule has 104 valence electrons. The summed E-state index contributed by atoms with van der Waals surface area (Å²) in [6, 6.07) is 9.54. The molecule has 0 fully saturated rings. The third-order valence-electron chi connectivity index (χ3n) is 3.09. The Bertz CT molecular complexity index is 611. The highest BCUT2D eigenvalue weighted by Crippen LogP contribution is 2.19. The van der Waals surface area contributed by atoms with E-state index in [4.69, 9.17) is 0 Å². The van der Waals surface area contributed by atoms with Gasteiger partial charge in [-0.1, -0.05) is 28.1 Å². The Kier molecular flexibility index (Phi) is 4.84. The zero-order valence-electron chi connectivity index (χ0n) is 11.5. The molecule has 0 saturated carbocycles. The maximum atomic E-state index is 11.9. The molecule has 0 radical (unpaired) electrons. The molecule has 1 amide bonds. The summed E-state index contributed by atoms with van der Waals surface area (Å²) in [4.78, 5) is 11.9. The van der Waals surface area contributed by atoms with Crippen LogP contribution in [0, 0.1) is 13.8 Å². The second-order valence-electron chi connectivity index (χ2n) is 4.59. The molecule has 1 aromatic carbocycles. The normalized spacial score (nSPS) is 10.3. The van der Waals surface area contributed by atoms with Gasteiger partial charge in [0.2, 0.25) is 0 Å². The fourth-order valence-corrected chi connectivity index (χ4v) is 2.25. The number of carbonyl (C=O) groups excluding carboxylic acids is 1. The van der Waals surface area contributed by atoms with Crippen molar-refractivity contribution in [1.29, 1.82) is 0 Å². The summed E-state index contributed by atoms with van der Waals surface area (Å²) < 4.78 is 1.09. The van der Waals surface area contributed by atoms with Crippen LogP contribution >= 0.6 is 15.9 Å². The van der Waals surface area contributed by atoms with Gasteiger partial charge < -0.3 is 5.32 Å². The van der Waals surface area contributed by atoms with Gasteiger partial charge in [0.15, 0.2) is 5.69 Å². The highest BCUT2D eigenvalue weighted by molar-refractivity contribution is 9.10. The number of benzene rings is 1. The van der Waals surface area contributed by atoms with Crippen LogP contribution in [0.2, 0.25) is 0 Å². The van der Waals surface area contributed by atoms with E-state index in [-0.39, 0.29) is 5.91 Å². The van der Waals surface area contributed by atoms with Crippen LogP contribution in [0.15, 0.2) is 34.8 Å². The number of nitrogens with zero attached hydrogens (tertiary/aromatic N) is 2. The lowest BCUT2D eigenvalue weighted by Gasteiger charge is -2.08. The van der Waals surface area contributed by atoms with Gasteiger partial charge in [0.1, 0.15) is 0 Å². The SMILES string of the molecule is Cc1ccc(C(=O)NCCc2cccc(Br)c2C)nn1. The fraction of sp³-hybridized carbons (Fsp3) is 0.267. The average molecular weight is 334 g/mol. The largest absolute Gasteiger partial charge is 0.350 e. The van der Waals surface area contributed by atoms with Gasteiger partial charge in [0.05, 0.1) is 5.69 Å². The van der Waals surface area contributed by atoms with Crippen molar-refractivity contribution in [2.75, 3.05) is 6.54 Å². The number of hydrogen-bond acceptors (Lipinski definition) is 3. The zero-order chi connectivity index (χ0) is 14.5. The van der Waals surface area contributed by atoms with Gasteiger partial charge in [-0.15, -0.1) is 5.10 Å². The topological polar surface area (TPSA) is 54.9 Å². The van der Waals surface area contributed by atoms with Crippen molar-refractivity contribution in [3.63, 3.8) is 0 Å². The number of carbonyl (C=O) groups is 1. The first-order valence-corrected chi connectivity index (χ1v) is 7.20. The summed E-state index contributed by atoms with van der Waals surface area (Å²) in [5, 5.41) is 10.6. The van der Waals surface area contributed by atoms with Gasteiger partial charge in [-0.3, -0.25) is 4.79 Å². The Labute approximate surface area is 126 Å². The number of rotatable bonds is 4. The molecule has 1 N–H and O–H groups in total. The number of nitrogens with one attached hydrogen (secondary N) is 1. The smallest absolute Gasteiger partial charge is 0.271 e. The average Bonchev–Trinajstić information content (AvgIpc) is 2.44. The molecule has 0 aliphatic rings. The third kappa shape index (κ3) is 3.63. The first-order chi connectivity index (χ1) is 9.58. The summed E-state index contributed by atoms with van der Waals surface area (Å²) >= 11 is 3.50. The minimum atomic E-state index is -0.190. The van der Waals surface area contributed by atoms with Crippen LogP contribution in [0.4, 0.5) is 0 Å². The molecule has 2 aromatic rings. The van der Waals surface area contributed by atoms with E-state index in [1.165, 1.54) is 11.1 Å². The molecule has 0 unspecified atom stereocenters. The van der Waals surface area contributed by atoms with Crippen molar-refractivity contribution in [3.8, 4) is 0 Å². The maximum Gasteiger partial charge on any atom is 0.271 e. The van der Waals surface area contributed by atoms with Crippen molar-refractivity contribution in [2.24, 2.45) is 0 Å². The standard InChI is InChI=1S/C15H16BrN3O/c1-10-6-7-14(19-18-10)15(20)17-9-8-12-4-3-5-13(16)11(12)2/h3-7H,8-9H2,1-2H3,(H,17,20). The van der Waals surface area contributed by atoms with E-state index in [0.717, 1.165) is 16.6 Å². The van der Waals surface area contributed by atoms with E-state index < -0.39 is 0 Å². The highest BCUT2D eigenvalue weighted by Gasteiger charge is 2.07. The Morgan fingerprint density at radius 3 is 2.70 bits per heavy atom. The highest BCUT2D eigenvalue weighted by atomic mass is 79.9. The van der Waals surface area contributed by atoms with Gasteiger partial charge >= 0.3 is 0 Å². The van der Waals surface area contributed by atoms with Gasteiger partial charge in [0.25, 0.3) is 5.91 Å². The van der Waals surface area contributed by atoms with Crippen LogP contribution in [0.25, 0.3) is 0 Å². The van der Waals surface area contributed by atoms with Crippen LogP contribution < -0.4 is 5.32 Å². The minimum absolute atomic E-state index is 0.190. The molecule has 0 atom stereocenters. The van der Waals surface area contributed by atoms with Crippen molar-refractivity contribution in [3.05, 3.63) is 57.3 Å². The third-order valence-corrected chi connectivity index (χ3v) is 3.95. The molecule has 4 nitrogen and oxygen atoms in total. The summed E-state index contributed by atoms with van der Waals surface area (Å²) in [5.41, 5.74) is 3.57.